The number of benzene rings is 1. The summed E-state index contributed by atoms with van der Waals surface area (Å²) >= 11 is 2.12. The van der Waals surface area contributed by atoms with Gasteiger partial charge in [-0.1, -0.05) is 17.7 Å². The molecule has 5 rings (SSSR count). The molecule has 0 saturated carbocycles. The number of amidine groups is 1. The first kappa shape index (κ1) is 35.7. The predicted octanol–water partition coefficient (Wildman–Crippen LogP) is 5.09. The van der Waals surface area contributed by atoms with E-state index in [1.807, 2.05) is 17.9 Å². The number of rotatable bonds is 5. The first-order valence-electron chi connectivity index (χ1n) is 15.1. The number of amides is 2. The van der Waals surface area contributed by atoms with Gasteiger partial charge in [-0.15, -0.1) is 0 Å². The van der Waals surface area contributed by atoms with E-state index in [4.69, 9.17) is 27.9 Å². The Morgan fingerprint density at radius 3 is 2.15 bits per heavy atom. The zero-order valence-corrected chi connectivity index (χ0v) is 30.8. The van der Waals surface area contributed by atoms with Gasteiger partial charge in [0.05, 0.1) is 21.1 Å². The van der Waals surface area contributed by atoms with E-state index < -0.39 is 75.9 Å². The third kappa shape index (κ3) is 7.83. The Bertz CT molecular complexity index is 1570. The highest BCUT2D eigenvalue weighted by molar-refractivity contribution is 14.1. The van der Waals surface area contributed by atoms with Crippen molar-refractivity contribution in [3.05, 3.63) is 39.6 Å². The van der Waals surface area contributed by atoms with Gasteiger partial charge in [-0.2, -0.15) is 13.3 Å². The van der Waals surface area contributed by atoms with Crippen molar-refractivity contribution in [3.8, 4) is 0 Å². The molecule has 0 spiro atoms. The van der Waals surface area contributed by atoms with Crippen LogP contribution in [0.15, 0.2) is 48.9 Å². The Labute approximate surface area is 288 Å². The maximum Gasteiger partial charge on any atom is 0.425 e. The number of nitrogens with zero attached hydrogens (tertiary/aromatic N) is 4. The summed E-state index contributed by atoms with van der Waals surface area (Å²) in [6.07, 6.45) is -2.48. The summed E-state index contributed by atoms with van der Waals surface area (Å²) in [6.45, 7) is 15.2. The Hall–Kier alpha value is -2.64. The quantitative estimate of drug-likeness (QED) is 0.223. The van der Waals surface area contributed by atoms with E-state index in [-0.39, 0.29) is 17.3 Å². The van der Waals surface area contributed by atoms with Crippen molar-refractivity contribution in [2.75, 3.05) is 6.61 Å². The van der Waals surface area contributed by atoms with E-state index in [2.05, 4.69) is 32.6 Å². The number of carbonyl (C=O) groups is 2. The zero-order valence-electron chi connectivity index (χ0n) is 27.8. The fourth-order valence-electron chi connectivity index (χ4n) is 5.54. The number of carbonyl (C=O) groups excluding carboxylic acids is 2. The average molecular weight is 789 g/mol. The number of aliphatic imine (C=N–C) groups is 2. The molecule has 2 saturated heterocycles. The summed E-state index contributed by atoms with van der Waals surface area (Å²) in [4.78, 5) is 38.5. The van der Waals surface area contributed by atoms with Crippen LogP contribution in [0.4, 0.5) is 9.59 Å². The fourth-order valence-corrected chi connectivity index (χ4v) is 7.41. The van der Waals surface area contributed by atoms with E-state index >= 15 is 0 Å². The van der Waals surface area contributed by atoms with E-state index in [0.717, 1.165) is 10.5 Å². The molecule has 2 amide bonds. The first-order valence-corrected chi connectivity index (χ1v) is 17.6. The van der Waals surface area contributed by atoms with Crippen LogP contribution in [-0.2, 0) is 38.0 Å². The smallest absolute Gasteiger partial charge is 0.425 e. The summed E-state index contributed by atoms with van der Waals surface area (Å²) in [7, 11) is -4.08. The van der Waals surface area contributed by atoms with Gasteiger partial charge in [0, 0.05) is 0 Å². The van der Waals surface area contributed by atoms with E-state index in [0.29, 0.717) is 3.70 Å². The van der Waals surface area contributed by atoms with Crippen molar-refractivity contribution in [2.45, 2.75) is 115 Å². The largest absolute Gasteiger partial charge is 0.443 e. The number of hydrogen-bond acceptors (Lipinski definition) is 13. The SMILES string of the molecule is Cc1ccc(S(=O)(=O)OC[C@H]2O[C@@H](N3C(I)=CC4C(N(C(=O)OC(C)(C)C)C(=O)OC(C)(C)C)=NC=NC43)[C@@H]3OC(C)(C)O[C@@H]32)cc1. The van der Waals surface area contributed by atoms with Crippen molar-refractivity contribution in [1.82, 2.24) is 9.80 Å². The summed E-state index contributed by atoms with van der Waals surface area (Å²) < 4.78 is 62.2. The van der Waals surface area contributed by atoms with Crippen LogP contribution >= 0.6 is 22.6 Å². The summed E-state index contributed by atoms with van der Waals surface area (Å²) in [6, 6.07) is 6.36. The lowest BCUT2D eigenvalue weighted by Gasteiger charge is -2.37. The van der Waals surface area contributed by atoms with E-state index in [1.165, 1.54) is 18.5 Å². The van der Waals surface area contributed by atoms with Gasteiger partial charge in [-0.3, -0.25) is 4.18 Å². The fraction of sp³-hybridized carbons (Fsp3) is 0.613. The Morgan fingerprint density at radius 2 is 1.57 bits per heavy atom. The molecule has 47 heavy (non-hydrogen) atoms. The molecule has 2 fully saturated rings. The minimum Gasteiger partial charge on any atom is -0.443 e. The molecule has 0 bridgehead atoms. The highest BCUT2D eigenvalue weighted by Crippen LogP contribution is 2.46. The average Bonchev–Trinajstić information content (AvgIpc) is 3.53. The van der Waals surface area contributed by atoms with Crippen LogP contribution in [0.5, 0.6) is 0 Å². The summed E-state index contributed by atoms with van der Waals surface area (Å²) in [5.74, 6) is -1.62. The summed E-state index contributed by atoms with van der Waals surface area (Å²) in [5, 5.41) is 0. The van der Waals surface area contributed by atoms with Crippen LogP contribution < -0.4 is 0 Å². The number of imide groups is 1. The molecule has 16 heteroatoms. The van der Waals surface area contributed by atoms with Crippen LogP contribution in [0.25, 0.3) is 0 Å². The molecule has 4 heterocycles. The number of aryl methyl sites for hydroxylation is 1. The van der Waals surface area contributed by atoms with Crippen molar-refractivity contribution in [1.29, 1.82) is 0 Å². The highest BCUT2D eigenvalue weighted by Gasteiger charge is 2.60. The van der Waals surface area contributed by atoms with Crippen LogP contribution in [0.1, 0.15) is 61.0 Å². The second-order valence-electron chi connectivity index (χ2n) is 14.1. The monoisotopic (exact) mass is 788 g/mol. The Morgan fingerprint density at radius 1 is 1.00 bits per heavy atom. The minimum absolute atomic E-state index is 0.0286. The molecule has 0 N–H and O–H groups in total. The van der Waals surface area contributed by atoms with Crippen LogP contribution in [0.2, 0.25) is 0 Å². The normalized spacial score (nSPS) is 28.3. The van der Waals surface area contributed by atoms with Crippen LogP contribution in [0, 0.1) is 12.8 Å². The zero-order chi connectivity index (χ0) is 34.7. The van der Waals surface area contributed by atoms with Crippen molar-refractivity contribution >= 4 is 57.1 Å². The van der Waals surface area contributed by atoms with Gasteiger partial charge in [-0.05, 0) is 103 Å². The molecule has 14 nitrogen and oxygen atoms in total. The molecule has 0 radical (unpaired) electrons. The molecule has 4 aliphatic heterocycles. The van der Waals surface area contributed by atoms with Crippen LogP contribution in [-0.4, -0.2) is 96.9 Å². The van der Waals surface area contributed by atoms with E-state index in [1.54, 1.807) is 67.5 Å². The molecule has 6 atom stereocenters. The molecular weight excluding hydrogens is 747 g/mol. The molecule has 1 aromatic rings. The second-order valence-corrected chi connectivity index (χ2v) is 16.8. The third-order valence-electron chi connectivity index (χ3n) is 7.36. The molecule has 2 unspecified atom stereocenters. The molecule has 4 aliphatic rings. The van der Waals surface area contributed by atoms with Gasteiger partial charge >= 0.3 is 12.2 Å². The minimum atomic E-state index is -4.08. The molecule has 0 aromatic heterocycles. The number of halogens is 1. The summed E-state index contributed by atoms with van der Waals surface area (Å²) in [5.41, 5.74) is -0.900. The van der Waals surface area contributed by atoms with Gasteiger partial charge < -0.3 is 28.6 Å². The van der Waals surface area contributed by atoms with Gasteiger partial charge in [0.25, 0.3) is 10.1 Å². The number of fused-ring (bicyclic) bond motifs is 2. The maximum atomic E-state index is 13.4. The first-order chi connectivity index (χ1) is 21.7. The van der Waals surface area contributed by atoms with Crippen LogP contribution in [0.3, 0.4) is 0 Å². The lowest BCUT2D eigenvalue weighted by molar-refractivity contribution is -0.206. The van der Waals surface area contributed by atoms with E-state index in [9.17, 15) is 18.0 Å². The molecular formula is C31H41IN4O10S. The van der Waals surface area contributed by atoms with Gasteiger partial charge in [0.1, 0.15) is 47.9 Å². The topological polar surface area (TPSA) is 155 Å². The van der Waals surface area contributed by atoms with Gasteiger partial charge in [-0.25, -0.2) is 19.6 Å². The maximum absolute atomic E-state index is 13.4. The molecule has 1 aromatic carbocycles. The lowest BCUT2D eigenvalue weighted by Crippen LogP contribution is -2.54. The second kappa shape index (κ2) is 12.7. The third-order valence-corrected chi connectivity index (χ3v) is 9.57. The number of hydrogen-bond donors (Lipinski definition) is 0. The predicted molar refractivity (Wildman–Crippen MR) is 178 cm³/mol. The van der Waals surface area contributed by atoms with Gasteiger partial charge in [0.15, 0.2) is 12.0 Å². The van der Waals surface area contributed by atoms with Crippen molar-refractivity contribution < 1.29 is 45.9 Å². The molecule has 0 aliphatic carbocycles. The Balaban J connectivity index is 1.40. The Kier molecular flexibility index (Phi) is 9.61. The standard InChI is InChI=1S/C31H41IN4O10S/c1-17-10-12-18(13-11-17)47(39,40)41-15-20-22-23(44-31(8,9)43-22)26(42-20)35-21(32)14-19-24(35)33-16-34-25(19)36(27(37)45-29(2,3)4)28(38)46-30(5,6)7/h10-14,16,19-20,22-24,26H,15H2,1-9H3/t19?,20-,22-,23-,24?,26-/m1/s1. The van der Waals surface area contributed by atoms with Crippen molar-refractivity contribution in [2.24, 2.45) is 15.9 Å². The lowest BCUT2D eigenvalue weighted by atomic mass is 10.0. The molecule has 258 valence electrons. The number of ether oxygens (including phenoxy) is 5. The van der Waals surface area contributed by atoms with Crippen molar-refractivity contribution in [3.63, 3.8) is 0 Å². The van der Waals surface area contributed by atoms with Gasteiger partial charge in [0.2, 0.25) is 0 Å². The highest BCUT2D eigenvalue weighted by atomic mass is 127.